The van der Waals surface area contributed by atoms with Gasteiger partial charge in [-0.15, -0.1) is 0 Å². The minimum atomic E-state index is -0.629. The predicted octanol–water partition coefficient (Wildman–Crippen LogP) is 3.19. The third kappa shape index (κ3) is 6.45. The van der Waals surface area contributed by atoms with Gasteiger partial charge in [0.2, 0.25) is 0 Å². The summed E-state index contributed by atoms with van der Waals surface area (Å²) in [4.78, 5) is 33.5. The summed E-state index contributed by atoms with van der Waals surface area (Å²) in [5.74, 6) is -1.09. The summed E-state index contributed by atoms with van der Waals surface area (Å²) >= 11 is 12.4. The van der Waals surface area contributed by atoms with Gasteiger partial charge < -0.3 is 20.7 Å². The number of anilines is 1. The highest BCUT2D eigenvalue weighted by Gasteiger charge is 2.30. The molecular weight excluding hydrogens is 522 g/mol. The summed E-state index contributed by atoms with van der Waals surface area (Å²) in [5, 5.41) is 11.3. The molecule has 0 aliphatic carbocycles. The number of halogens is 3. The van der Waals surface area contributed by atoms with E-state index in [0.29, 0.717) is 61.2 Å². The normalized spacial score (nSPS) is 18.3. The van der Waals surface area contributed by atoms with Crippen LogP contribution < -0.4 is 11.1 Å². The summed E-state index contributed by atoms with van der Waals surface area (Å²) in [6.07, 6.45) is -0.0296. The zero-order chi connectivity index (χ0) is 26.5. The number of nitrogens with zero attached hydrogens (tertiary/aromatic N) is 3. The molecule has 4 rings (SSSR count). The number of morpholine rings is 1. The standard InChI is InChI=1S/C25H27Cl2FN6O3/c26-18-4-5-19(28)22(27)17(18)14-34-7-6-31-23(30)21(34)13-20(29)24(35)32-16-3-1-2-15(12-16)25(36)33-8-10-37-11-9-33/h1-5,12,21,29H,6-11,13-14H2,(H2,30,31)(H,32,35). The molecule has 1 unspecified atom stereocenters. The van der Waals surface area contributed by atoms with Crippen molar-refractivity contribution in [2.24, 2.45) is 10.7 Å². The lowest BCUT2D eigenvalue weighted by Crippen LogP contribution is -2.50. The molecule has 4 N–H and O–H groups in total. The Hall–Kier alpha value is -3.05. The van der Waals surface area contributed by atoms with E-state index >= 15 is 0 Å². The van der Waals surface area contributed by atoms with Crippen LogP contribution in [0.1, 0.15) is 22.3 Å². The molecule has 2 amide bonds. The number of benzene rings is 2. The van der Waals surface area contributed by atoms with Crippen LogP contribution in [-0.4, -0.2) is 78.6 Å². The molecule has 2 aliphatic rings. The third-order valence-electron chi connectivity index (χ3n) is 6.30. The van der Waals surface area contributed by atoms with E-state index in [9.17, 15) is 14.0 Å². The minimum Gasteiger partial charge on any atom is -0.386 e. The van der Waals surface area contributed by atoms with Gasteiger partial charge in [0.15, 0.2) is 0 Å². The summed E-state index contributed by atoms with van der Waals surface area (Å²) in [7, 11) is 0. The first kappa shape index (κ1) is 27.0. The van der Waals surface area contributed by atoms with Gasteiger partial charge in [-0.2, -0.15) is 0 Å². The molecule has 2 aromatic carbocycles. The van der Waals surface area contributed by atoms with Crippen LogP contribution in [-0.2, 0) is 16.1 Å². The van der Waals surface area contributed by atoms with Crippen LogP contribution in [0.5, 0.6) is 0 Å². The molecule has 1 saturated heterocycles. The first-order chi connectivity index (χ1) is 17.7. The Bertz CT molecular complexity index is 1230. The Morgan fingerprint density at radius 3 is 2.70 bits per heavy atom. The number of nitrogens with two attached hydrogens (primary N) is 1. The fourth-order valence-corrected chi connectivity index (χ4v) is 4.76. The van der Waals surface area contributed by atoms with E-state index in [-0.39, 0.29) is 35.4 Å². The lowest BCUT2D eigenvalue weighted by molar-refractivity contribution is -0.110. The van der Waals surface area contributed by atoms with Crippen molar-refractivity contribution in [2.45, 2.75) is 19.0 Å². The van der Waals surface area contributed by atoms with E-state index in [1.807, 2.05) is 4.90 Å². The van der Waals surface area contributed by atoms with E-state index in [2.05, 4.69) is 10.3 Å². The van der Waals surface area contributed by atoms with Gasteiger partial charge in [-0.3, -0.25) is 24.9 Å². The highest BCUT2D eigenvalue weighted by molar-refractivity contribution is 6.42. The van der Waals surface area contributed by atoms with Crippen molar-refractivity contribution in [2.75, 3.05) is 44.7 Å². The minimum absolute atomic E-state index is 0.0296. The van der Waals surface area contributed by atoms with Crippen molar-refractivity contribution >= 4 is 52.3 Å². The zero-order valence-electron chi connectivity index (χ0n) is 20.0. The van der Waals surface area contributed by atoms with Gasteiger partial charge in [-0.05, 0) is 30.3 Å². The molecule has 196 valence electrons. The van der Waals surface area contributed by atoms with Gasteiger partial charge in [0.1, 0.15) is 11.7 Å². The highest BCUT2D eigenvalue weighted by Crippen LogP contribution is 2.30. The number of amides is 2. The van der Waals surface area contributed by atoms with Crippen molar-refractivity contribution < 1.29 is 18.7 Å². The number of ether oxygens (including phenoxy) is 1. The number of hydrogen-bond acceptors (Lipinski definition) is 7. The molecule has 0 radical (unpaired) electrons. The molecule has 37 heavy (non-hydrogen) atoms. The molecule has 0 aromatic heterocycles. The van der Waals surface area contributed by atoms with Gasteiger partial charge in [-0.1, -0.05) is 29.3 Å². The molecule has 2 aliphatic heterocycles. The monoisotopic (exact) mass is 548 g/mol. The number of rotatable bonds is 7. The smallest absolute Gasteiger partial charge is 0.269 e. The maximum atomic E-state index is 14.0. The Morgan fingerprint density at radius 1 is 1.19 bits per heavy atom. The first-order valence-electron chi connectivity index (χ1n) is 11.8. The predicted molar refractivity (Wildman–Crippen MR) is 141 cm³/mol. The second kappa shape index (κ2) is 12.0. The van der Waals surface area contributed by atoms with Crippen molar-refractivity contribution in [3.05, 3.63) is 63.4 Å². The summed E-state index contributed by atoms with van der Waals surface area (Å²) in [6.45, 7) is 3.05. The summed E-state index contributed by atoms with van der Waals surface area (Å²) < 4.78 is 19.3. The molecule has 0 saturated carbocycles. The second-order valence-electron chi connectivity index (χ2n) is 8.74. The average Bonchev–Trinajstić information content (AvgIpc) is 2.90. The summed E-state index contributed by atoms with van der Waals surface area (Å²) in [6, 6.07) is 8.64. The van der Waals surface area contributed by atoms with E-state index in [4.69, 9.17) is 39.1 Å². The summed E-state index contributed by atoms with van der Waals surface area (Å²) in [5.41, 5.74) is 7.15. The third-order valence-corrected chi connectivity index (χ3v) is 7.06. The fourth-order valence-electron chi connectivity index (χ4n) is 4.27. The topological polar surface area (TPSA) is 124 Å². The van der Waals surface area contributed by atoms with Gasteiger partial charge >= 0.3 is 0 Å². The molecule has 0 spiro atoms. The van der Waals surface area contributed by atoms with E-state index in [1.165, 1.54) is 12.1 Å². The van der Waals surface area contributed by atoms with Crippen LogP contribution in [0.2, 0.25) is 10.0 Å². The Labute approximate surface area is 223 Å². The Kier molecular flexibility index (Phi) is 8.75. The lowest BCUT2D eigenvalue weighted by atomic mass is 10.0. The van der Waals surface area contributed by atoms with Crippen molar-refractivity contribution in [3.8, 4) is 0 Å². The number of nitrogens with one attached hydrogen (secondary N) is 2. The fraction of sp³-hybridized carbons (Fsp3) is 0.360. The van der Waals surface area contributed by atoms with E-state index in [0.717, 1.165) is 0 Å². The van der Waals surface area contributed by atoms with Crippen molar-refractivity contribution in [1.29, 1.82) is 5.41 Å². The molecule has 1 fully saturated rings. The number of hydrogen-bond donors (Lipinski definition) is 3. The van der Waals surface area contributed by atoms with Gasteiger partial charge in [0.25, 0.3) is 11.8 Å². The van der Waals surface area contributed by atoms with Crippen molar-refractivity contribution in [3.63, 3.8) is 0 Å². The quantitative estimate of drug-likeness (QED) is 0.362. The van der Waals surface area contributed by atoms with Crippen LogP contribution in [0.3, 0.4) is 0 Å². The van der Waals surface area contributed by atoms with E-state index in [1.54, 1.807) is 29.2 Å². The molecular formula is C25H27Cl2FN6O3. The molecule has 0 bridgehead atoms. The van der Waals surface area contributed by atoms with Crippen LogP contribution in [0.15, 0.2) is 41.4 Å². The Morgan fingerprint density at radius 2 is 1.95 bits per heavy atom. The SMILES string of the molecule is N=C(CC1C(N)=NCCN1Cc1c(Cl)ccc(F)c1Cl)C(=O)Nc1cccc(C(=O)N2CCOCC2)c1. The molecule has 2 heterocycles. The first-order valence-corrected chi connectivity index (χ1v) is 12.5. The van der Waals surface area contributed by atoms with Gasteiger partial charge in [-0.25, -0.2) is 4.39 Å². The van der Waals surface area contributed by atoms with Crippen LogP contribution in [0, 0.1) is 11.2 Å². The number of aliphatic imine (C=N–C) groups is 1. The maximum Gasteiger partial charge on any atom is 0.269 e. The number of carbonyl (C=O) groups excluding carboxylic acids is 2. The lowest BCUT2D eigenvalue weighted by Gasteiger charge is -2.34. The second-order valence-corrected chi connectivity index (χ2v) is 9.52. The average molecular weight is 549 g/mol. The van der Waals surface area contributed by atoms with E-state index < -0.39 is 17.8 Å². The Balaban J connectivity index is 1.43. The van der Waals surface area contributed by atoms with Crippen LogP contribution in [0.4, 0.5) is 10.1 Å². The van der Waals surface area contributed by atoms with Gasteiger partial charge in [0, 0.05) is 54.4 Å². The molecule has 1 atom stereocenters. The van der Waals surface area contributed by atoms with Crippen molar-refractivity contribution in [1.82, 2.24) is 9.80 Å². The molecule has 2 aromatic rings. The maximum absolute atomic E-state index is 14.0. The zero-order valence-corrected chi connectivity index (χ0v) is 21.5. The molecule has 12 heteroatoms. The number of amidine groups is 1. The number of carbonyl (C=O) groups is 2. The highest BCUT2D eigenvalue weighted by atomic mass is 35.5. The largest absolute Gasteiger partial charge is 0.386 e. The van der Waals surface area contributed by atoms with Crippen LogP contribution >= 0.6 is 23.2 Å². The van der Waals surface area contributed by atoms with Gasteiger partial charge in [0.05, 0.1) is 36.5 Å². The molecule has 9 nitrogen and oxygen atoms in total. The van der Waals surface area contributed by atoms with Crippen LogP contribution in [0.25, 0.3) is 0 Å².